The number of aromatic nitrogens is 7. The summed E-state index contributed by atoms with van der Waals surface area (Å²) in [5.41, 5.74) is 3.15. The van der Waals surface area contributed by atoms with Crippen molar-refractivity contribution in [3.63, 3.8) is 0 Å². The molecule has 144 valence electrons. The number of rotatable bonds is 5. The molecule has 0 aliphatic rings. The molecule has 0 saturated carbocycles. The average molecular weight is 407 g/mol. The Balaban J connectivity index is 1.52. The molecule has 0 spiro atoms. The van der Waals surface area contributed by atoms with Gasteiger partial charge in [-0.3, -0.25) is 4.57 Å². The largest absolute Gasteiger partial charge is 0.368 e. The molecule has 0 aliphatic heterocycles. The lowest BCUT2D eigenvalue weighted by Crippen LogP contribution is -2.29. The van der Waals surface area contributed by atoms with Crippen molar-refractivity contribution >= 4 is 34.2 Å². The number of H-pyrrole nitrogens is 1. The number of benzene rings is 1. The first-order valence-corrected chi connectivity index (χ1v) is 9.31. The molecule has 5 rings (SSSR count). The van der Waals surface area contributed by atoms with E-state index in [1.54, 1.807) is 10.9 Å². The van der Waals surface area contributed by atoms with Crippen LogP contribution in [-0.4, -0.2) is 40.4 Å². The summed E-state index contributed by atoms with van der Waals surface area (Å²) >= 11 is 6.17. The molecule has 1 aromatic carbocycles. The van der Waals surface area contributed by atoms with Gasteiger partial charge in [0.05, 0.1) is 18.2 Å². The van der Waals surface area contributed by atoms with Crippen LogP contribution < -0.4 is 11.0 Å². The molecule has 0 fully saturated rings. The van der Waals surface area contributed by atoms with Crippen molar-refractivity contribution in [1.82, 2.24) is 33.9 Å². The Morgan fingerprint density at radius 2 is 1.97 bits per heavy atom. The summed E-state index contributed by atoms with van der Waals surface area (Å²) in [6.07, 6.45) is 5.08. The van der Waals surface area contributed by atoms with Gasteiger partial charge in [-0.05, 0) is 12.1 Å². The summed E-state index contributed by atoms with van der Waals surface area (Å²) in [5.74, 6) is 0.658. The maximum absolute atomic E-state index is 13.2. The summed E-state index contributed by atoms with van der Waals surface area (Å²) < 4.78 is 3.04. The first-order valence-electron chi connectivity index (χ1n) is 8.93. The van der Waals surface area contributed by atoms with Crippen LogP contribution in [0.4, 0.5) is 5.82 Å². The van der Waals surface area contributed by atoms with Gasteiger partial charge >= 0.3 is 5.69 Å². The van der Waals surface area contributed by atoms with Gasteiger partial charge in [0.25, 0.3) is 0 Å². The summed E-state index contributed by atoms with van der Waals surface area (Å²) in [6.45, 7) is 0.544. The Labute approximate surface area is 169 Å². The highest BCUT2D eigenvalue weighted by Crippen LogP contribution is 2.17. The van der Waals surface area contributed by atoms with Crippen LogP contribution in [0, 0.1) is 0 Å². The molecule has 0 amide bonds. The minimum atomic E-state index is -0.260. The molecule has 5 aromatic rings. The van der Waals surface area contributed by atoms with Gasteiger partial charge in [-0.2, -0.15) is 0 Å². The number of hydrogen-bond acceptors (Lipinski definition) is 6. The number of halogens is 1. The second-order valence-electron chi connectivity index (χ2n) is 6.36. The molecule has 10 heteroatoms. The lowest BCUT2D eigenvalue weighted by Gasteiger charge is -2.14. The van der Waals surface area contributed by atoms with Crippen molar-refractivity contribution in [1.29, 1.82) is 0 Å². The van der Waals surface area contributed by atoms with Gasteiger partial charge in [-0.1, -0.05) is 29.8 Å². The van der Waals surface area contributed by atoms with Crippen molar-refractivity contribution in [3.05, 3.63) is 76.6 Å². The van der Waals surface area contributed by atoms with Crippen LogP contribution in [0.3, 0.4) is 0 Å². The lowest BCUT2D eigenvalue weighted by atomic mass is 10.2. The fourth-order valence-electron chi connectivity index (χ4n) is 3.32. The second kappa shape index (κ2) is 7.02. The van der Waals surface area contributed by atoms with E-state index in [9.17, 15) is 4.79 Å². The zero-order valence-electron chi connectivity index (χ0n) is 15.1. The predicted molar refractivity (Wildman–Crippen MR) is 110 cm³/mol. The van der Waals surface area contributed by atoms with Gasteiger partial charge < -0.3 is 10.3 Å². The minimum absolute atomic E-state index is 0.260. The van der Waals surface area contributed by atoms with Gasteiger partial charge in [-0.25, -0.2) is 29.1 Å². The Morgan fingerprint density at radius 3 is 2.83 bits per heavy atom. The number of hydrogen-bond donors (Lipinski definition) is 2. The Morgan fingerprint density at radius 1 is 1.10 bits per heavy atom. The van der Waals surface area contributed by atoms with Crippen LogP contribution >= 0.6 is 11.6 Å². The van der Waals surface area contributed by atoms with Crippen LogP contribution in [0.25, 0.3) is 22.5 Å². The van der Waals surface area contributed by atoms with E-state index in [0.717, 1.165) is 16.9 Å². The van der Waals surface area contributed by atoms with Crippen molar-refractivity contribution in [2.75, 3.05) is 11.9 Å². The van der Waals surface area contributed by atoms with Gasteiger partial charge in [0.2, 0.25) is 0 Å². The van der Waals surface area contributed by atoms with E-state index in [0.29, 0.717) is 30.1 Å². The van der Waals surface area contributed by atoms with E-state index in [-0.39, 0.29) is 10.8 Å². The van der Waals surface area contributed by atoms with Crippen molar-refractivity contribution in [3.8, 4) is 5.69 Å². The van der Waals surface area contributed by atoms with Crippen LogP contribution in [0.5, 0.6) is 0 Å². The SMILES string of the molecule is O=c1n(-c2ccccc2)c(CCNc2ncnc3nc[nH]c23)cc2ncc(Cl)n12. The van der Waals surface area contributed by atoms with Crippen molar-refractivity contribution in [2.45, 2.75) is 6.42 Å². The zero-order chi connectivity index (χ0) is 19.8. The first-order chi connectivity index (χ1) is 14.2. The Hall–Kier alpha value is -3.72. The predicted octanol–water partition coefficient (Wildman–Crippen LogP) is 2.46. The van der Waals surface area contributed by atoms with E-state index in [4.69, 9.17) is 11.6 Å². The highest BCUT2D eigenvalue weighted by molar-refractivity contribution is 6.29. The van der Waals surface area contributed by atoms with Gasteiger partial charge in [0.1, 0.15) is 22.6 Å². The number of para-hydroxylation sites is 1. The molecular weight excluding hydrogens is 392 g/mol. The number of nitrogens with zero attached hydrogens (tertiary/aromatic N) is 6. The quantitative estimate of drug-likeness (QED) is 0.464. The molecule has 0 aliphatic carbocycles. The topological polar surface area (TPSA) is 106 Å². The standard InChI is InChI=1S/C19H15ClN8O/c20-14-9-22-15-8-13(27(19(29)28(14)15)12-4-2-1-3-5-12)6-7-21-17-16-18(24-10-23-16)26-11-25-17/h1-5,8-11H,6-7H2,(H2,21,23,24,25,26). The minimum Gasteiger partial charge on any atom is -0.368 e. The maximum atomic E-state index is 13.2. The first kappa shape index (κ1) is 17.4. The molecule has 0 atom stereocenters. The number of nitrogens with one attached hydrogen (secondary N) is 2. The Kier molecular flexibility index (Phi) is 4.21. The van der Waals surface area contributed by atoms with Crippen LogP contribution in [0.2, 0.25) is 5.15 Å². The fourth-order valence-corrected chi connectivity index (χ4v) is 3.52. The fraction of sp³-hybridized carbons (Fsp3) is 0.105. The average Bonchev–Trinajstić information content (AvgIpc) is 3.36. The van der Waals surface area contributed by atoms with Gasteiger partial charge in [0.15, 0.2) is 11.5 Å². The van der Waals surface area contributed by atoms with Gasteiger partial charge in [-0.15, -0.1) is 0 Å². The van der Waals surface area contributed by atoms with Crippen molar-refractivity contribution in [2.24, 2.45) is 0 Å². The van der Waals surface area contributed by atoms with E-state index in [1.165, 1.54) is 16.9 Å². The number of fused-ring (bicyclic) bond motifs is 2. The molecule has 0 radical (unpaired) electrons. The monoisotopic (exact) mass is 406 g/mol. The third-order valence-electron chi connectivity index (χ3n) is 4.62. The lowest BCUT2D eigenvalue weighted by molar-refractivity contribution is 0.798. The van der Waals surface area contributed by atoms with E-state index in [2.05, 4.69) is 30.2 Å². The molecular formula is C19H15ClN8O. The molecule has 2 N–H and O–H groups in total. The van der Waals surface area contributed by atoms with E-state index >= 15 is 0 Å². The summed E-state index contributed by atoms with van der Waals surface area (Å²) in [4.78, 5) is 32.9. The summed E-state index contributed by atoms with van der Waals surface area (Å²) in [5, 5.41) is 3.56. The zero-order valence-corrected chi connectivity index (χ0v) is 15.8. The molecule has 0 bridgehead atoms. The number of imidazole rings is 2. The molecule has 4 heterocycles. The normalized spacial score (nSPS) is 11.3. The van der Waals surface area contributed by atoms with Crippen molar-refractivity contribution < 1.29 is 0 Å². The van der Waals surface area contributed by atoms with E-state index in [1.807, 2.05) is 36.4 Å². The maximum Gasteiger partial charge on any atom is 0.339 e. The molecule has 0 unspecified atom stereocenters. The number of anilines is 1. The number of aromatic amines is 1. The highest BCUT2D eigenvalue weighted by Gasteiger charge is 2.14. The second-order valence-corrected chi connectivity index (χ2v) is 6.75. The molecule has 29 heavy (non-hydrogen) atoms. The third kappa shape index (κ3) is 3.01. The van der Waals surface area contributed by atoms with Crippen LogP contribution in [-0.2, 0) is 6.42 Å². The van der Waals surface area contributed by atoms with E-state index < -0.39 is 0 Å². The molecule has 9 nitrogen and oxygen atoms in total. The third-order valence-corrected chi connectivity index (χ3v) is 4.89. The van der Waals surface area contributed by atoms with Gasteiger partial charge in [0, 0.05) is 24.7 Å². The van der Waals surface area contributed by atoms with Crippen LogP contribution in [0.1, 0.15) is 5.69 Å². The van der Waals surface area contributed by atoms with Crippen LogP contribution in [0.15, 0.2) is 60.0 Å². The molecule has 0 saturated heterocycles. The Bertz CT molecular complexity index is 1370. The highest BCUT2D eigenvalue weighted by atomic mass is 35.5. The molecule has 4 aromatic heterocycles. The smallest absolute Gasteiger partial charge is 0.339 e. The summed E-state index contributed by atoms with van der Waals surface area (Å²) in [6, 6.07) is 11.3. The summed E-state index contributed by atoms with van der Waals surface area (Å²) in [7, 11) is 0.